The van der Waals surface area contributed by atoms with Crippen molar-refractivity contribution in [2.75, 3.05) is 18.4 Å². The molecular formula is C15H22N2OS. The van der Waals surface area contributed by atoms with Crippen LogP contribution < -0.4 is 10.6 Å². The molecule has 1 atom stereocenters. The van der Waals surface area contributed by atoms with Crippen molar-refractivity contribution in [3.63, 3.8) is 0 Å². The molecule has 3 nitrogen and oxygen atoms in total. The van der Waals surface area contributed by atoms with Gasteiger partial charge in [-0.1, -0.05) is 26.0 Å². The zero-order valence-corrected chi connectivity index (χ0v) is 12.4. The van der Waals surface area contributed by atoms with Crippen molar-refractivity contribution in [3.05, 3.63) is 24.3 Å². The molecule has 19 heavy (non-hydrogen) atoms. The van der Waals surface area contributed by atoms with Gasteiger partial charge in [-0.05, 0) is 31.5 Å². The average molecular weight is 278 g/mol. The fourth-order valence-electron chi connectivity index (χ4n) is 2.24. The Hall–Kier alpha value is -1.00. The van der Waals surface area contributed by atoms with E-state index >= 15 is 0 Å². The molecule has 1 unspecified atom stereocenters. The maximum Gasteiger partial charge on any atom is 0.228 e. The largest absolute Gasteiger partial charge is 0.325 e. The van der Waals surface area contributed by atoms with E-state index in [1.807, 2.05) is 18.2 Å². The number of hydrogen-bond acceptors (Lipinski definition) is 3. The maximum absolute atomic E-state index is 12.2. The van der Waals surface area contributed by atoms with Gasteiger partial charge in [0.1, 0.15) is 0 Å². The van der Waals surface area contributed by atoms with Gasteiger partial charge in [0.2, 0.25) is 5.91 Å². The smallest absolute Gasteiger partial charge is 0.228 e. The molecule has 1 fully saturated rings. The Balaban J connectivity index is 2.03. The molecule has 1 aromatic rings. The van der Waals surface area contributed by atoms with Crippen molar-refractivity contribution in [2.45, 2.75) is 36.8 Å². The number of rotatable bonds is 4. The van der Waals surface area contributed by atoms with Gasteiger partial charge < -0.3 is 10.6 Å². The molecule has 2 N–H and O–H groups in total. The van der Waals surface area contributed by atoms with E-state index in [-0.39, 0.29) is 11.8 Å². The van der Waals surface area contributed by atoms with Crippen LogP contribution in [0.25, 0.3) is 0 Å². The molecule has 2 rings (SSSR count). The van der Waals surface area contributed by atoms with Gasteiger partial charge in [0, 0.05) is 16.7 Å². The molecule has 104 valence electrons. The van der Waals surface area contributed by atoms with Crippen LogP contribution in [0.4, 0.5) is 5.69 Å². The Bertz CT molecular complexity index is 428. The standard InChI is InChI=1S/C15H22N2OS/c1-11(2)19-14-8-4-3-7-13(14)17-15(18)12-6-5-9-16-10-12/h3-4,7-8,11-12,16H,5-6,9-10H2,1-2H3,(H,17,18). The van der Waals surface area contributed by atoms with Gasteiger partial charge in [0.05, 0.1) is 11.6 Å². The monoisotopic (exact) mass is 278 g/mol. The Labute approximate surface area is 119 Å². The van der Waals surface area contributed by atoms with Gasteiger partial charge >= 0.3 is 0 Å². The number of hydrogen-bond donors (Lipinski definition) is 2. The fourth-order valence-corrected chi connectivity index (χ4v) is 3.15. The highest BCUT2D eigenvalue weighted by Gasteiger charge is 2.21. The predicted octanol–water partition coefficient (Wildman–Crippen LogP) is 3.13. The number of carbonyl (C=O) groups is 1. The molecule has 1 heterocycles. The molecule has 1 aromatic carbocycles. The van der Waals surface area contributed by atoms with Crippen LogP contribution >= 0.6 is 11.8 Å². The Kier molecular flexibility index (Phi) is 5.28. The maximum atomic E-state index is 12.2. The lowest BCUT2D eigenvalue weighted by Gasteiger charge is -2.22. The van der Waals surface area contributed by atoms with Gasteiger partial charge in [-0.2, -0.15) is 0 Å². The van der Waals surface area contributed by atoms with Crippen molar-refractivity contribution in [3.8, 4) is 0 Å². The number of amides is 1. The molecule has 0 saturated carbocycles. The summed E-state index contributed by atoms with van der Waals surface area (Å²) in [6, 6.07) is 8.04. The molecule has 0 aromatic heterocycles. The summed E-state index contributed by atoms with van der Waals surface area (Å²) in [7, 11) is 0. The topological polar surface area (TPSA) is 41.1 Å². The van der Waals surface area contributed by atoms with E-state index < -0.39 is 0 Å². The van der Waals surface area contributed by atoms with Crippen LogP contribution in [0.2, 0.25) is 0 Å². The van der Waals surface area contributed by atoms with E-state index in [1.165, 1.54) is 0 Å². The van der Waals surface area contributed by atoms with Crippen molar-refractivity contribution in [1.82, 2.24) is 5.32 Å². The van der Waals surface area contributed by atoms with Gasteiger partial charge in [-0.3, -0.25) is 4.79 Å². The first-order valence-electron chi connectivity index (χ1n) is 6.94. The van der Waals surface area contributed by atoms with Gasteiger partial charge in [0.15, 0.2) is 0 Å². The third-order valence-electron chi connectivity index (χ3n) is 3.18. The van der Waals surface area contributed by atoms with Crippen molar-refractivity contribution in [2.24, 2.45) is 5.92 Å². The zero-order chi connectivity index (χ0) is 13.7. The van der Waals surface area contributed by atoms with Gasteiger partial charge in [-0.25, -0.2) is 0 Å². The highest BCUT2D eigenvalue weighted by atomic mass is 32.2. The molecule has 0 bridgehead atoms. The minimum absolute atomic E-state index is 0.103. The van der Waals surface area contributed by atoms with E-state index in [4.69, 9.17) is 0 Å². The first-order chi connectivity index (χ1) is 9.16. The van der Waals surface area contributed by atoms with Crippen LogP contribution in [-0.2, 0) is 4.79 Å². The fraction of sp³-hybridized carbons (Fsp3) is 0.533. The van der Waals surface area contributed by atoms with E-state index in [9.17, 15) is 4.79 Å². The quantitative estimate of drug-likeness (QED) is 0.831. The summed E-state index contributed by atoms with van der Waals surface area (Å²) in [6.07, 6.45) is 2.07. The van der Waals surface area contributed by atoms with E-state index in [0.29, 0.717) is 5.25 Å². The SMILES string of the molecule is CC(C)Sc1ccccc1NC(=O)C1CCCNC1. The summed E-state index contributed by atoms with van der Waals surface area (Å²) in [6.45, 7) is 6.15. The molecule has 1 amide bonds. The molecule has 1 saturated heterocycles. The minimum Gasteiger partial charge on any atom is -0.325 e. The molecule has 1 aliphatic rings. The number of anilines is 1. The third kappa shape index (κ3) is 4.25. The molecule has 0 spiro atoms. The first kappa shape index (κ1) is 14.4. The summed E-state index contributed by atoms with van der Waals surface area (Å²) in [4.78, 5) is 13.4. The Morgan fingerprint density at radius 1 is 1.42 bits per heavy atom. The lowest BCUT2D eigenvalue weighted by Crippen LogP contribution is -2.37. The highest BCUT2D eigenvalue weighted by molar-refractivity contribution is 8.00. The second-order valence-corrected chi connectivity index (χ2v) is 6.81. The number of carbonyl (C=O) groups excluding carboxylic acids is 1. The number of para-hydroxylation sites is 1. The molecule has 1 aliphatic heterocycles. The predicted molar refractivity (Wildman–Crippen MR) is 81.7 cm³/mol. The second kappa shape index (κ2) is 6.96. The zero-order valence-electron chi connectivity index (χ0n) is 11.6. The number of piperidine rings is 1. The normalized spacial score (nSPS) is 19.4. The van der Waals surface area contributed by atoms with E-state index in [0.717, 1.165) is 36.5 Å². The molecule has 0 aliphatic carbocycles. The summed E-state index contributed by atoms with van der Waals surface area (Å²) in [5.74, 6) is 0.245. The summed E-state index contributed by atoms with van der Waals surface area (Å²) >= 11 is 1.78. The third-order valence-corrected chi connectivity index (χ3v) is 4.26. The van der Waals surface area contributed by atoms with Crippen LogP contribution in [0.15, 0.2) is 29.2 Å². The summed E-state index contributed by atoms with van der Waals surface area (Å²) < 4.78 is 0. The first-order valence-corrected chi connectivity index (χ1v) is 7.82. The van der Waals surface area contributed by atoms with Crippen molar-refractivity contribution in [1.29, 1.82) is 0 Å². The van der Waals surface area contributed by atoms with Gasteiger partial charge in [0.25, 0.3) is 0 Å². The van der Waals surface area contributed by atoms with Crippen molar-refractivity contribution >= 4 is 23.4 Å². The van der Waals surface area contributed by atoms with Gasteiger partial charge in [-0.15, -0.1) is 11.8 Å². The van der Waals surface area contributed by atoms with Crippen LogP contribution in [0.5, 0.6) is 0 Å². The Morgan fingerprint density at radius 2 is 2.21 bits per heavy atom. The average Bonchev–Trinajstić information content (AvgIpc) is 2.41. The van der Waals surface area contributed by atoms with E-state index in [2.05, 4.69) is 30.5 Å². The number of nitrogens with one attached hydrogen (secondary N) is 2. The molecule has 4 heteroatoms. The lowest BCUT2D eigenvalue weighted by molar-refractivity contribution is -0.120. The van der Waals surface area contributed by atoms with Crippen LogP contribution in [0.1, 0.15) is 26.7 Å². The summed E-state index contributed by atoms with van der Waals surface area (Å²) in [5, 5.41) is 6.88. The van der Waals surface area contributed by atoms with Crippen LogP contribution in [0.3, 0.4) is 0 Å². The van der Waals surface area contributed by atoms with Crippen LogP contribution in [-0.4, -0.2) is 24.2 Å². The summed E-state index contributed by atoms with van der Waals surface area (Å²) in [5.41, 5.74) is 0.941. The Morgan fingerprint density at radius 3 is 2.89 bits per heavy atom. The number of benzene rings is 1. The lowest BCUT2D eigenvalue weighted by atomic mass is 9.99. The molecular weight excluding hydrogens is 256 g/mol. The number of thioether (sulfide) groups is 1. The highest BCUT2D eigenvalue weighted by Crippen LogP contribution is 2.30. The molecule has 0 radical (unpaired) electrons. The van der Waals surface area contributed by atoms with E-state index in [1.54, 1.807) is 11.8 Å². The van der Waals surface area contributed by atoms with Crippen molar-refractivity contribution < 1.29 is 4.79 Å². The minimum atomic E-state index is 0.103. The van der Waals surface area contributed by atoms with Crippen LogP contribution in [0, 0.1) is 5.92 Å². The second-order valence-electron chi connectivity index (χ2n) is 5.20.